The van der Waals surface area contributed by atoms with Crippen LogP contribution in [0.15, 0.2) is 36.4 Å². The number of halogens is 12. The average molecular weight is 582 g/mol. The number of amides is 2. The van der Waals surface area contributed by atoms with Gasteiger partial charge in [-0.05, 0) is 49.2 Å². The van der Waals surface area contributed by atoms with Crippen molar-refractivity contribution in [2.75, 3.05) is 0 Å². The van der Waals surface area contributed by atoms with Crippen LogP contribution in [0.5, 0.6) is 0 Å². The topological polar surface area (TPSA) is 58.2 Å². The quantitative estimate of drug-likeness (QED) is 0.280. The van der Waals surface area contributed by atoms with E-state index >= 15 is 0 Å². The monoisotopic (exact) mass is 582 g/mol. The lowest BCUT2D eigenvalue weighted by Crippen LogP contribution is -2.34. The molecule has 216 valence electrons. The normalized spacial score (nSPS) is 14.5. The number of hydrogen-bond acceptors (Lipinski definition) is 2. The maximum Gasteiger partial charge on any atom is 0.417 e. The Labute approximate surface area is 212 Å². The van der Waals surface area contributed by atoms with Gasteiger partial charge in [-0.3, -0.25) is 9.59 Å². The van der Waals surface area contributed by atoms with E-state index in [1.165, 1.54) is 0 Å². The second-order valence-corrected chi connectivity index (χ2v) is 8.36. The van der Waals surface area contributed by atoms with Crippen molar-refractivity contribution in [2.24, 2.45) is 0 Å². The summed E-state index contributed by atoms with van der Waals surface area (Å²) >= 11 is 0. The van der Waals surface area contributed by atoms with Crippen LogP contribution < -0.4 is 10.6 Å². The molecule has 2 aromatic carbocycles. The van der Waals surface area contributed by atoms with Crippen molar-refractivity contribution in [3.05, 3.63) is 69.8 Å². The molecular weight excluding hydrogens is 564 g/mol. The van der Waals surface area contributed by atoms with E-state index in [1.807, 2.05) is 0 Å². The third-order valence-corrected chi connectivity index (χ3v) is 5.38. The number of carbonyl (C=O) groups excluding carboxylic acids is 2. The Morgan fingerprint density at radius 1 is 0.564 bits per heavy atom. The zero-order valence-electron chi connectivity index (χ0n) is 19.7. The minimum absolute atomic E-state index is 0.189. The van der Waals surface area contributed by atoms with Crippen LogP contribution in [0.4, 0.5) is 52.7 Å². The number of alkyl halides is 12. The third-order valence-electron chi connectivity index (χ3n) is 5.38. The van der Waals surface area contributed by atoms with Gasteiger partial charge < -0.3 is 10.6 Å². The van der Waals surface area contributed by atoms with E-state index < -0.39 is 77.3 Å². The summed E-state index contributed by atoms with van der Waals surface area (Å²) in [5.74, 6) is -2.21. The van der Waals surface area contributed by atoms with E-state index in [4.69, 9.17) is 0 Å². The summed E-state index contributed by atoms with van der Waals surface area (Å²) in [6.45, 7) is 2.25. The lowest BCUT2D eigenvalue weighted by atomic mass is 9.99. The molecule has 2 unspecified atom stereocenters. The van der Waals surface area contributed by atoms with E-state index in [0.717, 1.165) is 13.8 Å². The molecule has 2 amide bonds. The van der Waals surface area contributed by atoms with Gasteiger partial charge in [0.05, 0.1) is 34.3 Å². The molecule has 2 atom stereocenters. The summed E-state index contributed by atoms with van der Waals surface area (Å²) in [6, 6.07) is -0.423. The average Bonchev–Trinajstić information content (AvgIpc) is 2.75. The first kappa shape index (κ1) is 31.8. The van der Waals surface area contributed by atoms with Crippen LogP contribution in [0, 0.1) is 0 Å². The largest absolute Gasteiger partial charge is 0.417 e. The lowest BCUT2D eigenvalue weighted by Gasteiger charge is -2.21. The summed E-state index contributed by atoms with van der Waals surface area (Å²) in [4.78, 5) is 24.3. The summed E-state index contributed by atoms with van der Waals surface area (Å²) in [5.41, 5.74) is -8.61. The third kappa shape index (κ3) is 8.26. The molecule has 0 spiro atoms. The predicted octanol–water partition coefficient (Wildman–Crippen LogP) is 7.21. The van der Waals surface area contributed by atoms with Crippen molar-refractivity contribution in [1.82, 2.24) is 10.6 Å². The highest BCUT2D eigenvalue weighted by Crippen LogP contribution is 2.42. The maximum absolute atomic E-state index is 13.1. The van der Waals surface area contributed by atoms with Gasteiger partial charge in [0.25, 0.3) is 0 Å². The Bertz CT molecular complexity index is 1120. The van der Waals surface area contributed by atoms with Crippen LogP contribution in [-0.4, -0.2) is 11.8 Å². The van der Waals surface area contributed by atoms with Crippen LogP contribution in [0.25, 0.3) is 0 Å². The first-order valence-electron chi connectivity index (χ1n) is 10.7. The van der Waals surface area contributed by atoms with Crippen molar-refractivity contribution < 1.29 is 62.3 Å². The first-order valence-corrected chi connectivity index (χ1v) is 10.7. The van der Waals surface area contributed by atoms with E-state index in [2.05, 4.69) is 10.6 Å². The molecular formula is C23H18F12N2O2. The molecule has 2 aromatic rings. The minimum Gasteiger partial charge on any atom is -0.349 e. The molecule has 0 aliphatic heterocycles. The fourth-order valence-corrected chi connectivity index (χ4v) is 3.52. The van der Waals surface area contributed by atoms with Gasteiger partial charge in [-0.25, -0.2) is 0 Å². The Balaban J connectivity index is 2.12. The fourth-order valence-electron chi connectivity index (χ4n) is 3.52. The molecule has 39 heavy (non-hydrogen) atoms. The SMILES string of the molecule is CC(NC(=O)CC(=O)NC(C)c1ccc(C(F)(F)F)c(C(F)(F)F)c1)c1ccc(C(F)(F)F)c(C(F)(F)F)c1. The summed E-state index contributed by atoms with van der Waals surface area (Å²) in [7, 11) is 0. The standard InChI is InChI=1S/C23H18F12N2O2/c1-10(12-3-5-14(20(24,25)26)16(7-12)22(30,31)32)36-18(38)9-19(39)37-11(2)13-4-6-15(21(27,28)29)17(8-13)23(33,34)35/h3-8,10-11H,9H2,1-2H3,(H,36,38)(H,37,39). The molecule has 0 saturated carbocycles. The summed E-state index contributed by atoms with van der Waals surface area (Å²) < 4.78 is 156. The highest BCUT2D eigenvalue weighted by molar-refractivity contribution is 5.97. The van der Waals surface area contributed by atoms with E-state index in [1.54, 1.807) is 0 Å². The van der Waals surface area contributed by atoms with Crippen LogP contribution in [0.2, 0.25) is 0 Å². The Morgan fingerprint density at radius 3 is 1.10 bits per heavy atom. The molecule has 0 saturated heterocycles. The Kier molecular flexibility index (Phi) is 8.92. The van der Waals surface area contributed by atoms with Crippen molar-refractivity contribution in [1.29, 1.82) is 0 Å². The summed E-state index contributed by atoms with van der Waals surface area (Å²) in [6.07, 6.45) is -22.4. The zero-order valence-corrected chi connectivity index (χ0v) is 19.7. The highest BCUT2D eigenvalue weighted by atomic mass is 19.4. The molecule has 2 rings (SSSR count). The van der Waals surface area contributed by atoms with Gasteiger partial charge in [-0.2, -0.15) is 52.7 Å². The van der Waals surface area contributed by atoms with Crippen LogP contribution in [-0.2, 0) is 34.3 Å². The molecule has 0 aromatic heterocycles. The van der Waals surface area contributed by atoms with Crippen LogP contribution in [0.1, 0.15) is 65.7 Å². The Hall–Kier alpha value is -3.46. The smallest absolute Gasteiger partial charge is 0.349 e. The van der Waals surface area contributed by atoms with Gasteiger partial charge in [0.2, 0.25) is 11.8 Å². The first-order chi connectivity index (χ1) is 17.5. The minimum atomic E-state index is -5.37. The van der Waals surface area contributed by atoms with Gasteiger partial charge in [0, 0.05) is 0 Å². The van der Waals surface area contributed by atoms with Crippen molar-refractivity contribution in [2.45, 2.75) is 57.1 Å². The van der Waals surface area contributed by atoms with Gasteiger partial charge in [0.1, 0.15) is 6.42 Å². The molecule has 0 aliphatic rings. The number of rotatable bonds is 6. The fraction of sp³-hybridized carbons (Fsp3) is 0.391. The van der Waals surface area contributed by atoms with Crippen LogP contribution in [0.3, 0.4) is 0 Å². The molecule has 0 radical (unpaired) electrons. The number of hydrogen-bond donors (Lipinski definition) is 2. The van der Waals surface area contributed by atoms with Crippen molar-refractivity contribution in [3.8, 4) is 0 Å². The number of carbonyl (C=O) groups is 2. The highest BCUT2D eigenvalue weighted by Gasteiger charge is 2.44. The van der Waals surface area contributed by atoms with E-state index in [-0.39, 0.29) is 35.4 Å². The van der Waals surface area contributed by atoms with Crippen molar-refractivity contribution >= 4 is 11.8 Å². The van der Waals surface area contributed by atoms with Crippen molar-refractivity contribution in [3.63, 3.8) is 0 Å². The number of nitrogens with one attached hydrogen (secondary N) is 2. The Morgan fingerprint density at radius 2 is 0.846 bits per heavy atom. The molecule has 0 bridgehead atoms. The predicted molar refractivity (Wildman–Crippen MR) is 111 cm³/mol. The van der Waals surface area contributed by atoms with Crippen LogP contribution >= 0.6 is 0 Å². The maximum atomic E-state index is 13.1. The van der Waals surface area contributed by atoms with E-state index in [0.29, 0.717) is 12.1 Å². The second kappa shape index (κ2) is 11.0. The van der Waals surface area contributed by atoms with E-state index in [9.17, 15) is 62.3 Å². The summed E-state index contributed by atoms with van der Waals surface area (Å²) in [5, 5.41) is 4.22. The molecule has 4 nitrogen and oxygen atoms in total. The van der Waals surface area contributed by atoms with Gasteiger partial charge >= 0.3 is 24.7 Å². The molecule has 0 fully saturated rings. The molecule has 0 aliphatic carbocycles. The molecule has 16 heteroatoms. The molecule has 2 N–H and O–H groups in total. The zero-order chi connectivity index (χ0) is 30.1. The molecule has 0 heterocycles. The van der Waals surface area contributed by atoms with Gasteiger partial charge in [0.15, 0.2) is 0 Å². The van der Waals surface area contributed by atoms with Gasteiger partial charge in [-0.1, -0.05) is 12.1 Å². The number of benzene rings is 2. The second-order valence-electron chi connectivity index (χ2n) is 8.36. The lowest BCUT2D eigenvalue weighted by molar-refractivity contribution is -0.162. The van der Waals surface area contributed by atoms with Gasteiger partial charge in [-0.15, -0.1) is 0 Å².